The molecule has 7 heteroatoms. The van der Waals surface area contributed by atoms with Crippen LogP contribution < -0.4 is 5.14 Å². The van der Waals surface area contributed by atoms with Crippen molar-refractivity contribution in [3.8, 4) is 0 Å². The smallest absolute Gasteiger partial charge is 0.223 e. The molecule has 0 heterocycles. The molecule has 0 unspecified atom stereocenters. The molecule has 0 fully saturated rings. The summed E-state index contributed by atoms with van der Waals surface area (Å²) < 4.78 is 44.4. The van der Waals surface area contributed by atoms with Crippen LogP contribution in [0.5, 0.6) is 0 Å². The molecule has 0 saturated heterocycles. The summed E-state index contributed by atoms with van der Waals surface area (Å²) in [6, 6.07) is 5.90. The fraction of sp³-hybridized carbons (Fsp3) is 0.250. The zero-order valence-corrected chi connectivity index (χ0v) is 9.68. The van der Waals surface area contributed by atoms with Crippen LogP contribution in [0.4, 0.5) is 0 Å². The summed E-state index contributed by atoms with van der Waals surface area (Å²) in [5, 5.41) is 3.62. The third-order valence-corrected chi connectivity index (χ3v) is 5.25. The van der Waals surface area contributed by atoms with Gasteiger partial charge >= 0.3 is 0 Å². The molecule has 0 amide bonds. The summed E-state index contributed by atoms with van der Waals surface area (Å²) in [4.78, 5) is -0.0397. The molecule has 1 aromatic rings. The average Bonchev–Trinajstić information content (AvgIpc) is 2.00. The molecular weight excluding hydrogens is 238 g/mol. The van der Waals surface area contributed by atoms with Gasteiger partial charge in [0.25, 0.3) is 0 Å². The zero-order valence-electron chi connectivity index (χ0n) is 8.04. The minimum atomic E-state index is -4.03. The van der Waals surface area contributed by atoms with Crippen LogP contribution in [0.2, 0.25) is 0 Å². The van der Waals surface area contributed by atoms with Gasteiger partial charge in [-0.2, -0.15) is 0 Å². The maximum absolute atomic E-state index is 11.5. The van der Waals surface area contributed by atoms with Crippen LogP contribution >= 0.6 is 0 Å². The minimum Gasteiger partial charge on any atom is -0.228 e. The van der Waals surface area contributed by atoms with Gasteiger partial charge in [0.2, 0.25) is 10.0 Å². The number of aryl methyl sites for hydroxylation is 1. The lowest BCUT2D eigenvalue weighted by Gasteiger charge is -2.02. The molecule has 2 N–H and O–H groups in total. The van der Waals surface area contributed by atoms with Crippen molar-refractivity contribution < 1.29 is 16.8 Å². The highest BCUT2D eigenvalue weighted by atomic mass is 32.3. The standard InChI is InChI=1S/C8H11NO4S2/c1-7-2-4-8(5-3-7)14(10,11)6-15(9,12)13/h2-5H,6H2,1H3,(H2,9,12,13). The quantitative estimate of drug-likeness (QED) is 0.816. The molecule has 0 spiro atoms. The normalized spacial score (nSPS) is 12.7. The monoisotopic (exact) mass is 249 g/mol. The van der Waals surface area contributed by atoms with E-state index in [1.165, 1.54) is 12.1 Å². The van der Waals surface area contributed by atoms with E-state index in [1.54, 1.807) is 19.1 Å². The molecule has 0 aliphatic heterocycles. The molecular formula is C8H11NO4S2. The van der Waals surface area contributed by atoms with Crippen molar-refractivity contribution in [2.24, 2.45) is 5.14 Å². The lowest BCUT2D eigenvalue weighted by atomic mass is 10.2. The number of hydrogen-bond acceptors (Lipinski definition) is 4. The van der Waals surface area contributed by atoms with E-state index in [9.17, 15) is 16.8 Å². The topological polar surface area (TPSA) is 94.3 Å². The molecule has 0 saturated carbocycles. The van der Waals surface area contributed by atoms with Gasteiger partial charge in [0.05, 0.1) is 4.90 Å². The van der Waals surface area contributed by atoms with Crippen LogP contribution in [0.15, 0.2) is 29.2 Å². The number of sulfonamides is 1. The van der Waals surface area contributed by atoms with Crippen molar-refractivity contribution >= 4 is 19.9 Å². The van der Waals surface area contributed by atoms with Gasteiger partial charge in [-0.1, -0.05) is 17.7 Å². The van der Waals surface area contributed by atoms with Gasteiger partial charge in [-0.15, -0.1) is 0 Å². The molecule has 1 aromatic carbocycles. The lowest BCUT2D eigenvalue weighted by Crippen LogP contribution is -2.23. The van der Waals surface area contributed by atoms with E-state index in [4.69, 9.17) is 0 Å². The second kappa shape index (κ2) is 3.92. The van der Waals surface area contributed by atoms with Gasteiger partial charge in [-0.3, -0.25) is 0 Å². The first-order chi connectivity index (χ1) is 6.71. The van der Waals surface area contributed by atoms with Crippen LogP contribution in [0.1, 0.15) is 5.56 Å². The summed E-state index contributed by atoms with van der Waals surface area (Å²) >= 11 is 0. The Kier molecular flexibility index (Phi) is 3.17. The average molecular weight is 249 g/mol. The Morgan fingerprint density at radius 3 is 1.93 bits per heavy atom. The predicted octanol–water partition coefficient (Wildman–Crippen LogP) is 0.0147. The predicted molar refractivity (Wildman–Crippen MR) is 56.3 cm³/mol. The van der Waals surface area contributed by atoms with E-state index in [0.29, 0.717) is 0 Å². The van der Waals surface area contributed by atoms with Gasteiger partial charge in [0, 0.05) is 0 Å². The number of benzene rings is 1. The van der Waals surface area contributed by atoms with E-state index in [2.05, 4.69) is 5.14 Å². The van der Waals surface area contributed by atoms with Gasteiger partial charge in [-0.25, -0.2) is 22.0 Å². The highest BCUT2D eigenvalue weighted by Gasteiger charge is 2.20. The van der Waals surface area contributed by atoms with E-state index >= 15 is 0 Å². The van der Waals surface area contributed by atoms with Crippen molar-refractivity contribution in [3.63, 3.8) is 0 Å². The lowest BCUT2D eigenvalue weighted by molar-refractivity contribution is 0.590. The van der Waals surface area contributed by atoms with Gasteiger partial charge in [0.15, 0.2) is 14.9 Å². The number of hydrogen-bond donors (Lipinski definition) is 1. The third-order valence-electron chi connectivity index (χ3n) is 1.70. The SMILES string of the molecule is Cc1ccc(S(=O)(=O)CS(N)(=O)=O)cc1. The van der Waals surface area contributed by atoms with Crippen LogP contribution in [-0.4, -0.2) is 21.9 Å². The molecule has 0 bridgehead atoms. The number of primary sulfonamides is 1. The maximum Gasteiger partial charge on any atom is 0.223 e. The van der Waals surface area contributed by atoms with E-state index in [0.717, 1.165) is 5.56 Å². The molecule has 0 aromatic heterocycles. The fourth-order valence-electron chi connectivity index (χ4n) is 1.03. The van der Waals surface area contributed by atoms with Crippen molar-refractivity contribution in [3.05, 3.63) is 29.8 Å². The summed E-state index contributed by atoms with van der Waals surface area (Å²) in [6.07, 6.45) is 0. The molecule has 1 rings (SSSR count). The summed E-state index contributed by atoms with van der Waals surface area (Å²) in [6.45, 7) is 1.80. The second-order valence-corrected chi connectivity index (χ2v) is 7.18. The Balaban J connectivity index is 3.13. The molecule has 0 aliphatic carbocycles. The summed E-state index contributed by atoms with van der Waals surface area (Å²) in [7, 11) is -7.88. The largest absolute Gasteiger partial charge is 0.228 e. The van der Waals surface area contributed by atoms with E-state index < -0.39 is 24.9 Å². The highest BCUT2D eigenvalue weighted by Crippen LogP contribution is 2.12. The number of sulfone groups is 1. The molecule has 0 aliphatic rings. The van der Waals surface area contributed by atoms with Crippen molar-refractivity contribution in [2.75, 3.05) is 5.08 Å². The van der Waals surface area contributed by atoms with Crippen molar-refractivity contribution in [1.82, 2.24) is 0 Å². The molecule has 0 radical (unpaired) electrons. The minimum absolute atomic E-state index is 0.0397. The maximum atomic E-state index is 11.5. The Hall–Kier alpha value is -0.920. The first-order valence-electron chi connectivity index (χ1n) is 4.01. The molecule has 5 nitrogen and oxygen atoms in total. The second-order valence-electron chi connectivity index (χ2n) is 3.21. The van der Waals surface area contributed by atoms with Crippen LogP contribution in [0.25, 0.3) is 0 Å². The van der Waals surface area contributed by atoms with Gasteiger partial charge in [0.1, 0.15) is 0 Å². The molecule has 15 heavy (non-hydrogen) atoms. The van der Waals surface area contributed by atoms with Crippen molar-refractivity contribution in [2.45, 2.75) is 11.8 Å². The first kappa shape index (κ1) is 12.2. The van der Waals surface area contributed by atoms with E-state index in [1.807, 2.05) is 0 Å². The van der Waals surface area contributed by atoms with Crippen LogP contribution in [-0.2, 0) is 19.9 Å². The Morgan fingerprint density at radius 1 is 1.07 bits per heavy atom. The number of nitrogens with two attached hydrogens (primary N) is 1. The van der Waals surface area contributed by atoms with E-state index in [-0.39, 0.29) is 4.90 Å². The summed E-state index contributed by atoms with van der Waals surface area (Å²) in [5.41, 5.74) is 0.893. The van der Waals surface area contributed by atoms with Crippen LogP contribution in [0.3, 0.4) is 0 Å². The van der Waals surface area contributed by atoms with Gasteiger partial charge in [-0.05, 0) is 19.1 Å². The zero-order chi connectivity index (χ0) is 11.7. The first-order valence-corrected chi connectivity index (χ1v) is 7.37. The van der Waals surface area contributed by atoms with Gasteiger partial charge < -0.3 is 0 Å². The Labute approximate surface area is 88.9 Å². The number of rotatable bonds is 3. The fourth-order valence-corrected chi connectivity index (χ4v) is 3.86. The Bertz CT molecular complexity index is 543. The van der Waals surface area contributed by atoms with Crippen molar-refractivity contribution in [1.29, 1.82) is 0 Å². The third kappa shape index (κ3) is 3.61. The summed E-state index contributed by atoms with van der Waals surface area (Å²) in [5.74, 6) is 0. The highest BCUT2D eigenvalue weighted by molar-refractivity contribution is 8.07. The molecule has 84 valence electrons. The molecule has 0 atom stereocenters. The Morgan fingerprint density at radius 2 is 1.53 bits per heavy atom. The van der Waals surface area contributed by atoms with Crippen LogP contribution in [0, 0.1) is 6.92 Å².